The molecule has 3 heterocycles. The van der Waals surface area contributed by atoms with Gasteiger partial charge in [-0.1, -0.05) is 23.8 Å². The molecule has 2 aliphatic heterocycles. The maximum atomic E-state index is 13.1. The fourth-order valence-corrected chi connectivity index (χ4v) is 4.34. The molecule has 4 nitrogen and oxygen atoms in total. The number of carbonyl (C=O) groups excluding carboxylic acids is 1. The van der Waals surface area contributed by atoms with Gasteiger partial charge in [-0.2, -0.15) is 0 Å². The van der Waals surface area contributed by atoms with E-state index in [1.54, 1.807) is 6.20 Å². The molecule has 4 rings (SSSR count). The van der Waals surface area contributed by atoms with E-state index in [2.05, 4.69) is 22.9 Å². The number of amides is 1. The molecule has 0 N–H and O–H groups in total. The average molecular weight is 336 g/mol. The third-order valence-corrected chi connectivity index (χ3v) is 5.46. The van der Waals surface area contributed by atoms with Gasteiger partial charge in [-0.15, -0.1) is 0 Å². The minimum Gasteiger partial charge on any atom is -0.474 e. The fraction of sp³-hybridized carbons (Fsp3) is 0.429. The first kappa shape index (κ1) is 16.1. The third-order valence-electron chi connectivity index (χ3n) is 5.46. The molecule has 130 valence electrons. The van der Waals surface area contributed by atoms with Gasteiger partial charge in [0.05, 0.1) is 0 Å². The third kappa shape index (κ3) is 3.13. The van der Waals surface area contributed by atoms with Gasteiger partial charge in [0.1, 0.15) is 6.10 Å². The van der Waals surface area contributed by atoms with Crippen molar-refractivity contribution in [1.82, 2.24) is 9.88 Å². The molecule has 2 bridgehead atoms. The predicted molar refractivity (Wildman–Crippen MR) is 96.8 cm³/mol. The summed E-state index contributed by atoms with van der Waals surface area (Å²) in [4.78, 5) is 19.5. The van der Waals surface area contributed by atoms with Crippen LogP contribution in [0.5, 0.6) is 5.88 Å². The Hall–Kier alpha value is -2.36. The van der Waals surface area contributed by atoms with E-state index in [1.165, 1.54) is 5.56 Å². The maximum absolute atomic E-state index is 13.1. The zero-order chi connectivity index (χ0) is 17.4. The highest BCUT2D eigenvalue weighted by atomic mass is 16.5. The van der Waals surface area contributed by atoms with Gasteiger partial charge in [0.2, 0.25) is 5.88 Å². The lowest BCUT2D eigenvalue weighted by atomic mass is 9.97. The average Bonchev–Trinajstić information content (AvgIpc) is 2.86. The van der Waals surface area contributed by atoms with Crippen LogP contribution in [0.1, 0.15) is 47.2 Å². The molecule has 2 fully saturated rings. The maximum Gasteiger partial charge on any atom is 0.254 e. The Morgan fingerprint density at radius 2 is 1.88 bits per heavy atom. The van der Waals surface area contributed by atoms with Crippen LogP contribution in [0.25, 0.3) is 0 Å². The van der Waals surface area contributed by atoms with E-state index < -0.39 is 0 Å². The zero-order valence-electron chi connectivity index (χ0n) is 14.8. The smallest absolute Gasteiger partial charge is 0.254 e. The number of piperidine rings is 1. The highest BCUT2D eigenvalue weighted by Gasteiger charge is 2.44. The Kier molecular flexibility index (Phi) is 4.20. The minimum atomic E-state index is 0.149. The number of hydrogen-bond donors (Lipinski definition) is 0. The zero-order valence-corrected chi connectivity index (χ0v) is 14.8. The van der Waals surface area contributed by atoms with Crippen molar-refractivity contribution in [3.05, 3.63) is 59.3 Å². The van der Waals surface area contributed by atoms with Crippen LogP contribution in [0, 0.1) is 13.8 Å². The lowest BCUT2D eigenvalue weighted by molar-refractivity contribution is 0.0347. The summed E-state index contributed by atoms with van der Waals surface area (Å²) in [5.74, 6) is 0.863. The predicted octanol–water partition coefficient (Wildman–Crippen LogP) is 3.91. The second-order valence-electron chi connectivity index (χ2n) is 7.30. The molecule has 0 radical (unpaired) electrons. The van der Waals surface area contributed by atoms with E-state index in [1.807, 2.05) is 37.3 Å². The molecule has 2 saturated heterocycles. The Morgan fingerprint density at radius 1 is 1.12 bits per heavy atom. The van der Waals surface area contributed by atoms with Crippen LogP contribution >= 0.6 is 0 Å². The number of rotatable bonds is 3. The molecule has 2 aliphatic rings. The normalized spacial score (nSPS) is 25.0. The molecular weight excluding hydrogens is 312 g/mol. The fourth-order valence-electron chi connectivity index (χ4n) is 4.34. The SMILES string of the molecule is Cc1ccc(C(=O)N2C3CCC2CC(Oc2ccccn2)C3)c(C)c1. The number of fused-ring (bicyclic) bond motifs is 2. The van der Waals surface area contributed by atoms with Gasteiger partial charge < -0.3 is 9.64 Å². The van der Waals surface area contributed by atoms with E-state index in [4.69, 9.17) is 4.74 Å². The Balaban J connectivity index is 1.49. The summed E-state index contributed by atoms with van der Waals surface area (Å²) in [6.45, 7) is 4.09. The first-order valence-corrected chi connectivity index (χ1v) is 9.09. The number of ether oxygens (including phenoxy) is 1. The van der Waals surface area contributed by atoms with Crippen LogP contribution in [-0.2, 0) is 0 Å². The first-order chi connectivity index (χ1) is 12.1. The molecule has 1 aromatic carbocycles. The van der Waals surface area contributed by atoms with Crippen LogP contribution < -0.4 is 4.74 Å². The summed E-state index contributed by atoms with van der Waals surface area (Å²) in [5.41, 5.74) is 3.10. The van der Waals surface area contributed by atoms with Gasteiger partial charge >= 0.3 is 0 Å². The Bertz CT molecular complexity index is 761. The summed E-state index contributed by atoms with van der Waals surface area (Å²) >= 11 is 0. The Labute approximate surface area is 148 Å². The largest absolute Gasteiger partial charge is 0.474 e. The van der Waals surface area contributed by atoms with Crippen molar-refractivity contribution in [3.8, 4) is 5.88 Å². The molecule has 2 aromatic rings. The monoisotopic (exact) mass is 336 g/mol. The molecule has 1 aromatic heterocycles. The molecule has 0 spiro atoms. The number of pyridine rings is 1. The van der Waals surface area contributed by atoms with E-state index in [0.29, 0.717) is 5.88 Å². The lowest BCUT2D eigenvalue weighted by Gasteiger charge is -2.39. The van der Waals surface area contributed by atoms with Crippen molar-refractivity contribution in [1.29, 1.82) is 0 Å². The van der Waals surface area contributed by atoms with Crippen LogP contribution in [-0.4, -0.2) is 34.0 Å². The van der Waals surface area contributed by atoms with Gasteiger partial charge in [-0.3, -0.25) is 4.79 Å². The summed E-state index contributed by atoms with van der Waals surface area (Å²) in [6.07, 6.45) is 5.83. The molecule has 4 heteroatoms. The van der Waals surface area contributed by atoms with Crippen molar-refractivity contribution >= 4 is 5.91 Å². The number of nitrogens with zero attached hydrogens (tertiary/aromatic N) is 2. The molecule has 25 heavy (non-hydrogen) atoms. The molecule has 0 aliphatic carbocycles. The molecule has 2 unspecified atom stereocenters. The summed E-state index contributed by atoms with van der Waals surface area (Å²) < 4.78 is 6.06. The minimum absolute atomic E-state index is 0.149. The quantitative estimate of drug-likeness (QED) is 0.853. The van der Waals surface area contributed by atoms with Crippen LogP contribution in [0.15, 0.2) is 42.6 Å². The number of aryl methyl sites for hydroxylation is 2. The number of hydrogen-bond acceptors (Lipinski definition) is 3. The molecule has 2 atom stereocenters. The second-order valence-corrected chi connectivity index (χ2v) is 7.30. The number of benzene rings is 1. The van der Waals surface area contributed by atoms with Crippen molar-refractivity contribution in [3.63, 3.8) is 0 Å². The van der Waals surface area contributed by atoms with Gasteiger partial charge in [0.25, 0.3) is 5.91 Å². The molecule has 1 amide bonds. The van der Waals surface area contributed by atoms with E-state index in [9.17, 15) is 4.79 Å². The van der Waals surface area contributed by atoms with Gasteiger partial charge in [-0.25, -0.2) is 4.98 Å². The number of carbonyl (C=O) groups is 1. The van der Waals surface area contributed by atoms with Crippen molar-refractivity contribution in [2.45, 2.75) is 57.7 Å². The van der Waals surface area contributed by atoms with E-state index in [0.717, 1.165) is 36.8 Å². The Morgan fingerprint density at radius 3 is 2.52 bits per heavy atom. The van der Waals surface area contributed by atoms with Crippen LogP contribution in [0.3, 0.4) is 0 Å². The lowest BCUT2D eigenvalue weighted by Crippen LogP contribution is -2.49. The van der Waals surface area contributed by atoms with Gasteiger partial charge in [0, 0.05) is 42.8 Å². The number of aromatic nitrogens is 1. The summed E-state index contributed by atoms with van der Waals surface area (Å²) in [7, 11) is 0. The highest BCUT2D eigenvalue weighted by molar-refractivity contribution is 5.96. The van der Waals surface area contributed by atoms with Crippen molar-refractivity contribution in [2.24, 2.45) is 0 Å². The summed E-state index contributed by atoms with van der Waals surface area (Å²) in [6, 6.07) is 12.4. The molecule has 0 saturated carbocycles. The van der Waals surface area contributed by atoms with E-state index in [-0.39, 0.29) is 24.1 Å². The second kappa shape index (κ2) is 6.51. The van der Waals surface area contributed by atoms with Crippen LogP contribution in [0.4, 0.5) is 0 Å². The van der Waals surface area contributed by atoms with Crippen molar-refractivity contribution < 1.29 is 9.53 Å². The van der Waals surface area contributed by atoms with Gasteiger partial charge in [0.15, 0.2) is 0 Å². The highest BCUT2D eigenvalue weighted by Crippen LogP contribution is 2.38. The van der Waals surface area contributed by atoms with Crippen molar-refractivity contribution in [2.75, 3.05) is 0 Å². The molecular formula is C21H24N2O2. The first-order valence-electron chi connectivity index (χ1n) is 9.09. The van der Waals surface area contributed by atoms with Crippen LogP contribution in [0.2, 0.25) is 0 Å². The van der Waals surface area contributed by atoms with Gasteiger partial charge in [-0.05, 0) is 44.4 Å². The standard InChI is InChI=1S/C21H24N2O2/c1-14-6-9-19(15(2)11-14)21(24)23-16-7-8-17(23)13-18(12-16)25-20-5-3-4-10-22-20/h3-6,9-11,16-18H,7-8,12-13H2,1-2H3. The topological polar surface area (TPSA) is 42.4 Å². The van der Waals surface area contributed by atoms with E-state index >= 15 is 0 Å². The summed E-state index contributed by atoms with van der Waals surface area (Å²) in [5, 5.41) is 0.